The van der Waals surface area contributed by atoms with Gasteiger partial charge in [-0.25, -0.2) is 0 Å². The lowest BCUT2D eigenvalue weighted by Crippen LogP contribution is -2.08. The molecular formula is C23H22N4O2S. The molecule has 0 saturated heterocycles. The summed E-state index contributed by atoms with van der Waals surface area (Å²) >= 11 is 1.25. The molecule has 1 aromatic carbocycles. The van der Waals surface area contributed by atoms with Crippen LogP contribution in [0, 0.1) is 13.8 Å². The summed E-state index contributed by atoms with van der Waals surface area (Å²) in [6.45, 7) is 4.89. The Labute approximate surface area is 179 Å². The molecule has 0 spiro atoms. The van der Waals surface area contributed by atoms with Crippen LogP contribution in [0.1, 0.15) is 27.3 Å². The number of rotatable bonds is 8. The van der Waals surface area contributed by atoms with Crippen LogP contribution in [0.4, 0.5) is 0 Å². The highest BCUT2D eigenvalue weighted by Gasteiger charge is 2.17. The van der Waals surface area contributed by atoms with E-state index in [4.69, 9.17) is 4.42 Å². The molecule has 0 unspecified atom stereocenters. The van der Waals surface area contributed by atoms with E-state index >= 15 is 0 Å². The molecular weight excluding hydrogens is 396 g/mol. The monoisotopic (exact) mass is 418 g/mol. The van der Waals surface area contributed by atoms with Gasteiger partial charge in [0.1, 0.15) is 0 Å². The Morgan fingerprint density at radius 1 is 1.10 bits per heavy atom. The van der Waals surface area contributed by atoms with Gasteiger partial charge in [0.2, 0.25) is 5.89 Å². The minimum absolute atomic E-state index is 0.0557. The number of benzene rings is 1. The van der Waals surface area contributed by atoms with Crippen LogP contribution in [0.15, 0.2) is 70.6 Å². The summed E-state index contributed by atoms with van der Waals surface area (Å²) in [5.74, 6) is 0.704. The molecule has 6 nitrogen and oxygen atoms in total. The summed E-state index contributed by atoms with van der Waals surface area (Å²) in [6.07, 6.45) is 4.28. The summed E-state index contributed by atoms with van der Waals surface area (Å²) in [4.78, 5) is 16.9. The Balaban J connectivity index is 1.40. The second-order valence-corrected chi connectivity index (χ2v) is 7.93. The lowest BCUT2D eigenvalue weighted by atomic mass is 10.1. The van der Waals surface area contributed by atoms with E-state index < -0.39 is 0 Å². The van der Waals surface area contributed by atoms with E-state index in [1.165, 1.54) is 17.3 Å². The Kier molecular flexibility index (Phi) is 6.09. The SMILES string of the molecule is Cc1cc(C(=O)CSc2nnc(-c3cccnc3)o2)c(C)n1CCc1ccccc1. The van der Waals surface area contributed by atoms with E-state index in [2.05, 4.69) is 31.9 Å². The molecule has 152 valence electrons. The quantitative estimate of drug-likeness (QED) is 0.303. The lowest BCUT2D eigenvalue weighted by molar-refractivity contribution is 0.102. The fourth-order valence-corrected chi connectivity index (χ4v) is 4.04. The summed E-state index contributed by atoms with van der Waals surface area (Å²) in [6, 6.07) is 16.0. The largest absolute Gasteiger partial charge is 0.411 e. The van der Waals surface area contributed by atoms with Crippen molar-refractivity contribution in [3.05, 3.63) is 83.4 Å². The molecule has 0 radical (unpaired) electrons. The smallest absolute Gasteiger partial charge is 0.277 e. The second kappa shape index (κ2) is 9.09. The van der Waals surface area contributed by atoms with Crippen LogP contribution in [0.5, 0.6) is 0 Å². The van der Waals surface area contributed by atoms with Gasteiger partial charge < -0.3 is 8.98 Å². The number of hydrogen-bond donors (Lipinski definition) is 0. The van der Waals surface area contributed by atoms with Gasteiger partial charge in [-0.05, 0) is 44.0 Å². The number of carbonyl (C=O) groups excluding carboxylic acids is 1. The third kappa shape index (κ3) is 4.52. The van der Waals surface area contributed by atoms with Crippen molar-refractivity contribution in [1.29, 1.82) is 0 Å². The van der Waals surface area contributed by atoms with Crippen LogP contribution in [0.25, 0.3) is 11.5 Å². The first kappa shape index (κ1) is 20.1. The fraction of sp³-hybridized carbons (Fsp3) is 0.217. The number of ketones is 1. The van der Waals surface area contributed by atoms with Gasteiger partial charge >= 0.3 is 0 Å². The molecule has 0 N–H and O–H groups in total. The maximum atomic E-state index is 12.8. The normalized spacial score (nSPS) is 11.0. The third-order valence-electron chi connectivity index (χ3n) is 4.98. The van der Waals surface area contributed by atoms with Crippen molar-refractivity contribution in [2.24, 2.45) is 0 Å². The van der Waals surface area contributed by atoms with Crippen LogP contribution in [-0.2, 0) is 13.0 Å². The van der Waals surface area contributed by atoms with E-state index in [1.807, 2.05) is 50.2 Å². The van der Waals surface area contributed by atoms with Crippen molar-refractivity contribution in [2.75, 3.05) is 5.75 Å². The van der Waals surface area contributed by atoms with Gasteiger partial charge in [-0.2, -0.15) is 0 Å². The van der Waals surface area contributed by atoms with Gasteiger partial charge in [0.25, 0.3) is 5.22 Å². The van der Waals surface area contributed by atoms with Gasteiger partial charge in [0.15, 0.2) is 5.78 Å². The van der Waals surface area contributed by atoms with E-state index in [9.17, 15) is 4.79 Å². The summed E-state index contributed by atoms with van der Waals surface area (Å²) in [5.41, 5.74) is 4.88. The minimum Gasteiger partial charge on any atom is -0.411 e. The Morgan fingerprint density at radius 2 is 1.93 bits per heavy atom. The fourth-order valence-electron chi connectivity index (χ4n) is 3.39. The molecule has 0 amide bonds. The number of thioether (sulfide) groups is 1. The van der Waals surface area contributed by atoms with Gasteiger partial charge in [-0.15, -0.1) is 10.2 Å². The van der Waals surface area contributed by atoms with Crippen LogP contribution >= 0.6 is 11.8 Å². The summed E-state index contributed by atoms with van der Waals surface area (Å²) < 4.78 is 7.85. The Bertz CT molecular complexity index is 1140. The van der Waals surface area contributed by atoms with Crippen LogP contribution in [-0.4, -0.2) is 31.3 Å². The standard InChI is InChI=1S/C23H22N4O2S/c1-16-13-20(17(2)27(16)12-10-18-7-4-3-5-8-18)21(28)15-30-23-26-25-22(29-23)19-9-6-11-24-14-19/h3-9,11,13-14H,10,12,15H2,1-2H3. The minimum atomic E-state index is 0.0557. The molecule has 0 bridgehead atoms. The number of aryl methyl sites for hydroxylation is 2. The molecule has 0 aliphatic heterocycles. The van der Waals surface area contributed by atoms with Crippen molar-refractivity contribution >= 4 is 17.5 Å². The van der Waals surface area contributed by atoms with E-state index in [0.717, 1.165) is 35.5 Å². The Hall–Kier alpha value is -3.19. The van der Waals surface area contributed by atoms with Gasteiger partial charge in [-0.3, -0.25) is 9.78 Å². The lowest BCUT2D eigenvalue weighted by Gasteiger charge is -2.10. The zero-order valence-electron chi connectivity index (χ0n) is 16.9. The molecule has 30 heavy (non-hydrogen) atoms. The number of aromatic nitrogens is 4. The highest BCUT2D eigenvalue weighted by Crippen LogP contribution is 2.24. The first-order chi connectivity index (χ1) is 14.6. The molecule has 3 heterocycles. The van der Waals surface area contributed by atoms with Gasteiger partial charge in [0.05, 0.1) is 11.3 Å². The molecule has 0 aliphatic carbocycles. The number of carbonyl (C=O) groups is 1. The number of nitrogens with zero attached hydrogens (tertiary/aromatic N) is 4. The molecule has 0 fully saturated rings. The van der Waals surface area contributed by atoms with Crippen LogP contribution < -0.4 is 0 Å². The molecule has 4 rings (SSSR count). The van der Waals surface area contributed by atoms with Crippen molar-refractivity contribution in [3.8, 4) is 11.5 Å². The van der Waals surface area contributed by atoms with E-state index in [0.29, 0.717) is 11.1 Å². The molecule has 7 heteroatoms. The average molecular weight is 419 g/mol. The third-order valence-corrected chi connectivity index (χ3v) is 5.80. The van der Waals surface area contributed by atoms with Crippen molar-refractivity contribution in [3.63, 3.8) is 0 Å². The first-order valence-corrected chi connectivity index (χ1v) is 10.7. The summed E-state index contributed by atoms with van der Waals surface area (Å²) in [7, 11) is 0. The van der Waals surface area contributed by atoms with Crippen molar-refractivity contribution in [1.82, 2.24) is 19.7 Å². The second-order valence-electron chi connectivity index (χ2n) is 7.00. The molecule has 0 aliphatic rings. The Morgan fingerprint density at radius 3 is 2.70 bits per heavy atom. The number of hydrogen-bond acceptors (Lipinski definition) is 6. The maximum absolute atomic E-state index is 12.8. The number of Topliss-reactive ketones (excluding diaryl/α,β-unsaturated/α-hetero) is 1. The topological polar surface area (TPSA) is 73.8 Å². The maximum Gasteiger partial charge on any atom is 0.277 e. The predicted molar refractivity (Wildman–Crippen MR) is 117 cm³/mol. The highest BCUT2D eigenvalue weighted by atomic mass is 32.2. The zero-order valence-corrected chi connectivity index (χ0v) is 17.7. The molecule has 0 atom stereocenters. The van der Waals surface area contributed by atoms with E-state index in [-0.39, 0.29) is 11.5 Å². The zero-order chi connectivity index (χ0) is 20.9. The highest BCUT2D eigenvalue weighted by molar-refractivity contribution is 7.99. The van der Waals surface area contributed by atoms with Gasteiger partial charge in [0, 0.05) is 35.9 Å². The molecule has 0 saturated carbocycles. The van der Waals surface area contributed by atoms with Crippen molar-refractivity contribution < 1.29 is 9.21 Å². The summed E-state index contributed by atoms with van der Waals surface area (Å²) in [5, 5.41) is 8.44. The van der Waals surface area contributed by atoms with Crippen LogP contribution in [0.2, 0.25) is 0 Å². The van der Waals surface area contributed by atoms with Crippen molar-refractivity contribution in [2.45, 2.75) is 32.0 Å². The van der Waals surface area contributed by atoms with E-state index in [1.54, 1.807) is 12.4 Å². The molecule has 4 aromatic rings. The van der Waals surface area contributed by atoms with Gasteiger partial charge in [-0.1, -0.05) is 42.1 Å². The molecule has 3 aromatic heterocycles. The first-order valence-electron chi connectivity index (χ1n) is 9.72. The predicted octanol–water partition coefficient (Wildman–Crippen LogP) is 4.77. The van der Waals surface area contributed by atoms with Crippen LogP contribution in [0.3, 0.4) is 0 Å². The number of pyridine rings is 1. The average Bonchev–Trinajstić information content (AvgIpc) is 3.36.